The van der Waals surface area contributed by atoms with Gasteiger partial charge in [0.2, 0.25) is 0 Å². The van der Waals surface area contributed by atoms with E-state index >= 15 is 0 Å². The van der Waals surface area contributed by atoms with E-state index in [1.807, 2.05) is 6.92 Å². The first kappa shape index (κ1) is 38.8. The van der Waals surface area contributed by atoms with Gasteiger partial charge in [0, 0.05) is 13.0 Å². The summed E-state index contributed by atoms with van der Waals surface area (Å²) < 4.78 is 229. The van der Waals surface area contributed by atoms with Crippen LogP contribution in [0, 0.1) is 0 Å². The lowest BCUT2D eigenvalue weighted by atomic mass is 9.88. The lowest BCUT2D eigenvalue weighted by molar-refractivity contribution is -0.462. The van der Waals surface area contributed by atoms with Gasteiger partial charge in [-0.25, -0.2) is 0 Å². The molecule has 0 aromatic carbocycles. The van der Waals surface area contributed by atoms with E-state index in [4.69, 9.17) is 0 Å². The van der Waals surface area contributed by atoms with Crippen molar-refractivity contribution in [1.82, 2.24) is 0 Å². The molecule has 0 radical (unpaired) electrons. The highest BCUT2D eigenvalue weighted by atomic mass is 19.4. The maximum Gasteiger partial charge on any atom is 0.460 e. The van der Waals surface area contributed by atoms with Crippen molar-refractivity contribution >= 4 is 0 Å². The molecule has 0 aliphatic carbocycles. The molecule has 0 N–H and O–H groups in total. The van der Waals surface area contributed by atoms with Crippen molar-refractivity contribution in [1.29, 1.82) is 0 Å². The summed E-state index contributed by atoms with van der Waals surface area (Å²) in [7, 11) is 0. The molecule has 0 aromatic heterocycles. The van der Waals surface area contributed by atoms with Gasteiger partial charge in [0.1, 0.15) is 0 Å². The minimum Gasteiger partial charge on any atom is -0.381 e. The Kier molecular flexibility index (Phi) is 13.4. The van der Waals surface area contributed by atoms with Gasteiger partial charge in [-0.3, -0.25) is 0 Å². The molecule has 0 saturated carbocycles. The second-order valence-electron chi connectivity index (χ2n) is 9.19. The molecule has 242 valence electrons. The molecular formula is C22H29F17O. The summed E-state index contributed by atoms with van der Waals surface area (Å²) in [5.74, 6) is -56.1. The van der Waals surface area contributed by atoms with Crippen LogP contribution in [0.5, 0.6) is 0 Å². The van der Waals surface area contributed by atoms with Crippen molar-refractivity contribution in [2.24, 2.45) is 0 Å². The van der Waals surface area contributed by atoms with Crippen LogP contribution in [0.15, 0.2) is 0 Å². The standard InChI is InChI=1S/C22H29F17O/c1-2-3-4-5-6-7-8-9-10-11-13-40-14-12-15(23,24)16(25,26)17(27,28)18(29,30)19(31,32)20(33,34)21(35,36)22(37,38)39/h2-14H2,1H3. The van der Waals surface area contributed by atoms with E-state index in [2.05, 4.69) is 4.74 Å². The fourth-order valence-corrected chi connectivity index (χ4v) is 3.35. The van der Waals surface area contributed by atoms with Crippen LogP contribution in [-0.2, 0) is 4.74 Å². The highest BCUT2D eigenvalue weighted by molar-refractivity contribution is 5.15. The van der Waals surface area contributed by atoms with Crippen LogP contribution in [0.4, 0.5) is 74.6 Å². The van der Waals surface area contributed by atoms with Gasteiger partial charge in [-0.05, 0) is 6.42 Å². The van der Waals surface area contributed by atoms with Gasteiger partial charge >= 0.3 is 47.6 Å². The van der Waals surface area contributed by atoms with Crippen molar-refractivity contribution in [2.45, 2.75) is 125 Å². The number of unbranched alkanes of at least 4 members (excludes halogenated alkanes) is 9. The first-order valence-electron chi connectivity index (χ1n) is 12.1. The Morgan fingerprint density at radius 1 is 0.375 bits per heavy atom. The van der Waals surface area contributed by atoms with E-state index in [1.54, 1.807) is 0 Å². The second-order valence-corrected chi connectivity index (χ2v) is 9.19. The van der Waals surface area contributed by atoms with Crippen molar-refractivity contribution in [2.75, 3.05) is 13.2 Å². The van der Waals surface area contributed by atoms with Gasteiger partial charge in [0.05, 0.1) is 6.61 Å². The Balaban J connectivity index is 5.22. The quantitative estimate of drug-likeness (QED) is 0.0959. The summed E-state index contributed by atoms with van der Waals surface area (Å²) in [5, 5.41) is 0. The van der Waals surface area contributed by atoms with Crippen molar-refractivity contribution in [3.05, 3.63) is 0 Å². The second kappa shape index (κ2) is 13.8. The Morgan fingerprint density at radius 2 is 0.700 bits per heavy atom. The number of ether oxygens (including phenoxy) is 1. The molecule has 0 aromatic rings. The third-order valence-corrected chi connectivity index (χ3v) is 5.99. The normalized spacial score (nSPS) is 15.2. The van der Waals surface area contributed by atoms with E-state index in [9.17, 15) is 74.6 Å². The average Bonchev–Trinajstić information content (AvgIpc) is 2.80. The van der Waals surface area contributed by atoms with E-state index in [0.717, 1.165) is 44.9 Å². The first-order chi connectivity index (χ1) is 17.8. The lowest BCUT2D eigenvalue weighted by Crippen LogP contribution is -2.74. The highest BCUT2D eigenvalue weighted by Gasteiger charge is 2.95. The Morgan fingerprint density at radius 3 is 1.07 bits per heavy atom. The van der Waals surface area contributed by atoms with Gasteiger partial charge in [0.15, 0.2) is 0 Å². The molecule has 0 spiro atoms. The number of halogens is 17. The average molecular weight is 632 g/mol. The maximum absolute atomic E-state index is 13.8. The van der Waals surface area contributed by atoms with Gasteiger partial charge in [-0.15, -0.1) is 0 Å². The first-order valence-corrected chi connectivity index (χ1v) is 12.1. The molecule has 40 heavy (non-hydrogen) atoms. The molecule has 0 bridgehead atoms. The third kappa shape index (κ3) is 7.78. The summed E-state index contributed by atoms with van der Waals surface area (Å²) in [4.78, 5) is 0. The summed E-state index contributed by atoms with van der Waals surface area (Å²) in [6.45, 7) is 0.105. The molecular weight excluding hydrogens is 603 g/mol. The molecule has 0 heterocycles. The van der Waals surface area contributed by atoms with E-state index in [-0.39, 0.29) is 6.42 Å². The zero-order valence-electron chi connectivity index (χ0n) is 21.0. The van der Waals surface area contributed by atoms with E-state index in [1.165, 1.54) is 0 Å². The Hall–Kier alpha value is -1.23. The number of hydrogen-bond donors (Lipinski definition) is 0. The zero-order valence-corrected chi connectivity index (χ0v) is 21.0. The van der Waals surface area contributed by atoms with Gasteiger partial charge in [0.25, 0.3) is 0 Å². The van der Waals surface area contributed by atoms with Crippen molar-refractivity contribution < 1.29 is 79.4 Å². The molecule has 18 heteroatoms. The van der Waals surface area contributed by atoms with E-state index < -0.39 is 67.3 Å². The predicted molar refractivity (Wildman–Crippen MR) is 108 cm³/mol. The minimum absolute atomic E-state index is 0.167. The molecule has 0 aliphatic rings. The van der Waals surface area contributed by atoms with Gasteiger partial charge in [-0.1, -0.05) is 64.7 Å². The Labute approximate surface area is 218 Å². The van der Waals surface area contributed by atoms with Crippen molar-refractivity contribution in [3.63, 3.8) is 0 Å². The van der Waals surface area contributed by atoms with Gasteiger partial charge in [-0.2, -0.15) is 74.6 Å². The fourth-order valence-electron chi connectivity index (χ4n) is 3.35. The molecule has 0 saturated heterocycles. The third-order valence-electron chi connectivity index (χ3n) is 5.99. The maximum atomic E-state index is 13.8. The Bertz CT molecular complexity index is 746. The predicted octanol–water partition coefficient (Wildman–Crippen LogP) is 10.3. The number of rotatable bonds is 20. The van der Waals surface area contributed by atoms with Crippen LogP contribution >= 0.6 is 0 Å². The van der Waals surface area contributed by atoms with Crippen LogP contribution in [0.25, 0.3) is 0 Å². The monoisotopic (exact) mass is 632 g/mol. The largest absolute Gasteiger partial charge is 0.460 e. The molecule has 0 aliphatic heterocycles. The lowest BCUT2D eigenvalue weighted by Gasteiger charge is -2.42. The van der Waals surface area contributed by atoms with E-state index in [0.29, 0.717) is 12.8 Å². The topological polar surface area (TPSA) is 9.23 Å². The van der Waals surface area contributed by atoms with Crippen LogP contribution in [-0.4, -0.2) is 60.8 Å². The smallest absolute Gasteiger partial charge is 0.381 e. The van der Waals surface area contributed by atoms with Crippen LogP contribution < -0.4 is 0 Å². The van der Waals surface area contributed by atoms with Crippen molar-refractivity contribution in [3.8, 4) is 0 Å². The summed E-state index contributed by atoms with van der Waals surface area (Å²) in [6, 6.07) is 0. The SMILES string of the molecule is CCCCCCCCCCCCOCCC(F)(F)C(F)(F)C(F)(F)C(F)(F)C(F)(F)C(F)(F)C(F)(F)C(F)(F)F. The minimum atomic E-state index is -8.60. The molecule has 0 unspecified atom stereocenters. The zero-order chi connectivity index (χ0) is 31.9. The molecule has 1 nitrogen and oxygen atoms in total. The van der Waals surface area contributed by atoms with Crippen LogP contribution in [0.2, 0.25) is 0 Å². The molecule has 0 fully saturated rings. The summed E-state index contributed by atoms with van der Waals surface area (Å²) in [5.41, 5.74) is 0. The number of hydrogen-bond acceptors (Lipinski definition) is 1. The van der Waals surface area contributed by atoms with Crippen LogP contribution in [0.1, 0.15) is 77.6 Å². The molecule has 0 rings (SSSR count). The highest BCUT2D eigenvalue weighted by Crippen LogP contribution is 2.64. The summed E-state index contributed by atoms with van der Waals surface area (Å²) >= 11 is 0. The number of alkyl halides is 17. The van der Waals surface area contributed by atoms with Gasteiger partial charge < -0.3 is 4.74 Å². The molecule has 0 atom stereocenters. The fraction of sp³-hybridized carbons (Fsp3) is 1.00. The molecule has 0 amide bonds. The summed E-state index contributed by atoms with van der Waals surface area (Å²) in [6.07, 6.45) is -2.02. The van der Waals surface area contributed by atoms with Crippen LogP contribution in [0.3, 0.4) is 0 Å².